The van der Waals surface area contributed by atoms with Gasteiger partial charge in [0.2, 0.25) is 5.91 Å². The summed E-state index contributed by atoms with van der Waals surface area (Å²) in [6, 6.07) is 10.4. The number of anilines is 1. The van der Waals surface area contributed by atoms with Crippen LogP contribution in [0.15, 0.2) is 30.3 Å². The van der Waals surface area contributed by atoms with Crippen LogP contribution in [0.5, 0.6) is 0 Å². The highest BCUT2D eigenvalue weighted by Crippen LogP contribution is 2.12. The van der Waals surface area contributed by atoms with Crippen molar-refractivity contribution in [3.63, 3.8) is 0 Å². The van der Waals surface area contributed by atoms with Crippen LogP contribution in [0, 0.1) is 0 Å². The second-order valence-electron chi connectivity index (χ2n) is 4.43. The molecule has 0 aromatic heterocycles. The number of benzene rings is 1. The van der Waals surface area contributed by atoms with Gasteiger partial charge in [-0.25, -0.2) is 0 Å². The third-order valence-corrected chi connectivity index (χ3v) is 3.19. The highest BCUT2D eigenvalue weighted by atomic mass is 16.2. The van der Waals surface area contributed by atoms with Gasteiger partial charge < -0.3 is 10.2 Å². The molecule has 0 aliphatic rings. The van der Waals surface area contributed by atoms with Crippen LogP contribution in [0.4, 0.5) is 5.69 Å². The number of nitrogens with one attached hydrogen (secondary N) is 1. The molecule has 0 aliphatic carbocycles. The standard InChI is InChI=1S/C15H24N2O/c1-4-13(5-2)16-15(18)12-17(6-3)14-10-8-7-9-11-14/h7-11,13H,4-6,12H2,1-3H3,(H,16,18). The molecule has 1 aromatic carbocycles. The third kappa shape index (κ3) is 4.40. The van der Waals surface area contributed by atoms with Gasteiger partial charge in [0.25, 0.3) is 0 Å². The highest BCUT2D eigenvalue weighted by molar-refractivity contribution is 5.81. The van der Waals surface area contributed by atoms with Gasteiger partial charge in [-0.1, -0.05) is 32.0 Å². The number of hydrogen-bond donors (Lipinski definition) is 1. The van der Waals surface area contributed by atoms with Crippen molar-refractivity contribution >= 4 is 11.6 Å². The van der Waals surface area contributed by atoms with Crippen molar-refractivity contribution in [1.29, 1.82) is 0 Å². The number of hydrogen-bond acceptors (Lipinski definition) is 2. The molecule has 0 radical (unpaired) electrons. The molecule has 3 nitrogen and oxygen atoms in total. The van der Waals surface area contributed by atoms with Crippen molar-refractivity contribution in [2.45, 2.75) is 39.7 Å². The zero-order valence-corrected chi connectivity index (χ0v) is 11.6. The number of nitrogens with zero attached hydrogens (tertiary/aromatic N) is 1. The Hall–Kier alpha value is -1.51. The van der Waals surface area contributed by atoms with Gasteiger partial charge in [0.1, 0.15) is 0 Å². The van der Waals surface area contributed by atoms with Crippen LogP contribution >= 0.6 is 0 Å². The van der Waals surface area contributed by atoms with Crippen LogP contribution in [0.1, 0.15) is 33.6 Å². The van der Waals surface area contributed by atoms with Crippen LogP contribution in [-0.2, 0) is 4.79 Å². The van der Waals surface area contributed by atoms with E-state index in [2.05, 4.69) is 31.0 Å². The van der Waals surface area contributed by atoms with Crippen LogP contribution < -0.4 is 10.2 Å². The summed E-state index contributed by atoms with van der Waals surface area (Å²) in [5, 5.41) is 3.07. The minimum atomic E-state index is 0.106. The Morgan fingerprint density at radius 2 is 1.78 bits per heavy atom. The lowest BCUT2D eigenvalue weighted by molar-refractivity contribution is -0.120. The molecule has 0 atom stereocenters. The molecule has 3 heteroatoms. The van der Waals surface area contributed by atoms with E-state index in [0.717, 1.165) is 25.1 Å². The predicted molar refractivity (Wildman–Crippen MR) is 76.8 cm³/mol. The van der Waals surface area contributed by atoms with E-state index < -0.39 is 0 Å². The minimum Gasteiger partial charge on any atom is -0.363 e. The van der Waals surface area contributed by atoms with E-state index >= 15 is 0 Å². The van der Waals surface area contributed by atoms with E-state index in [4.69, 9.17) is 0 Å². The first-order chi connectivity index (χ1) is 8.71. The molecule has 0 saturated heterocycles. The van der Waals surface area contributed by atoms with E-state index in [9.17, 15) is 4.79 Å². The molecule has 100 valence electrons. The first kappa shape index (κ1) is 14.6. The van der Waals surface area contributed by atoms with Crippen LogP contribution in [0.3, 0.4) is 0 Å². The normalized spacial score (nSPS) is 10.4. The first-order valence-electron chi connectivity index (χ1n) is 6.80. The van der Waals surface area contributed by atoms with Crippen LogP contribution in [0.2, 0.25) is 0 Å². The van der Waals surface area contributed by atoms with Crippen molar-refractivity contribution in [2.24, 2.45) is 0 Å². The van der Waals surface area contributed by atoms with Gasteiger partial charge in [-0.05, 0) is 31.9 Å². The summed E-state index contributed by atoms with van der Waals surface area (Å²) in [6.45, 7) is 7.53. The second-order valence-corrected chi connectivity index (χ2v) is 4.43. The molecule has 0 aliphatic heterocycles. The average Bonchev–Trinajstić information content (AvgIpc) is 2.43. The molecule has 0 bridgehead atoms. The third-order valence-electron chi connectivity index (χ3n) is 3.19. The highest BCUT2D eigenvalue weighted by Gasteiger charge is 2.12. The van der Waals surface area contributed by atoms with Crippen LogP contribution in [0.25, 0.3) is 0 Å². The number of likely N-dealkylation sites (N-methyl/N-ethyl adjacent to an activating group) is 1. The lowest BCUT2D eigenvalue weighted by Crippen LogP contribution is -2.41. The van der Waals surface area contributed by atoms with Crippen molar-refractivity contribution in [3.05, 3.63) is 30.3 Å². The van der Waals surface area contributed by atoms with Gasteiger partial charge in [0.05, 0.1) is 6.54 Å². The van der Waals surface area contributed by atoms with Gasteiger partial charge in [-0.15, -0.1) is 0 Å². The Kier molecular flexibility index (Phi) is 6.26. The summed E-state index contributed by atoms with van der Waals surface area (Å²) in [4.78, 5) is 14.0. The molecular weight excluding hydrogens is 224 g/mol. The fourth-order valence-electron chi connectivity index (χ4n) is 1.96. The maximum atomic E-state index is 12.0. The van der Waals surface area contributed by atoms with Crippen LogP contribution in [-0.4, -0.2) is 25.0 Å². The summed E-state index contributed by atoms with van der Waals surface area (Å²) in [6.07, 6.45) is 1.97. The van der Waals surface area contributed by atoms with E-state index in [-0.39, 0.29) is 5.91 Å². The van der Waals surface area contributed by atoms with E-state index in [1.165, 1.54) is 0 Å². The minimum absolute atomic E-state index is 0.106. The average molecular weight is 248 g/mol. The topological polar surface area (TPSA) is 32.3 Å². The maximum absolute atomic E-state index is 12.0. The Morgan fingerprint density at radius 3 is 2.28 bits per heavy atom. The number of rotatable bonds is 7. The number of carbonyl (C=O) groups excluding carboxylic acids is 1. The number of carbonyl (C=O) groups is 1. The molecule has 18 heavy (non-hydrogen) atoms. The SMILES string of the molecule is CCC(CC)NC(=O)CN(CC)c1ccccc1. The summed E-state index contributed by atoms with van der Waals surface area (Å²) in [7, 11) is 0. The molecule has 0 spiro atoms. The smallest absolute Gasteiger partial charge is 0.239 e. The van der Waals surface area contributed by atoms with Crippen molar-refractivity contribution in [3.8, 4) is 0 Å². The molecule has 0 unspecified atom stereocenters. The number of amides is 1. The Bertz CT molecular complexity index is 347. The monoisotopic (exact) mass is 248 g/mol. The molecule has 1 N–H and O–H groups in total. The van der Waals surface area contributed by atoms with E-state index in [0.29, 0.717) is 12.6 Å². The first-order valence-corrected chi connectivity index (χ1v) is 6.80. The summed E-state index contributed by atoms with van der Waals surface area (Å²) < 4.78 is 0. The summed E-state index contributed by atoms with van der Waals surface area (Å²) in [5.41, 5.74) is 1.10. The molecular formula is C15H24N2O. The van der Waals surface area contributed by atoms with E-state index in [1.54, 1.807) is 0 Å². The Morgan fingerprint density at radius 1 is 1.17 bits per heavy atom. The van der Waals surface area contributed by atoms with Crippen molar-refractivity contribution in [1.82, 2.24) is 5.32 Å². The fourth-order valence-corrected chi connectivity index (χ4v) is 1.96. The molecule has 0 fully saturated rings. The zero-order chi connectivity index (χ0) is 13.4. The molecule has 1 aromatic rings. The summed E-state index contributed by atoms with van der Waals surface area (Å²) in [5.74, 6) is 0.106. The van der Waals surface area contributed by atoms with Gasteiger partial charge in [-0.2, -0.15) is 0 Å². The zero-order valence-electron chi connectivity index (χ0n) is 11.6. The lowest BCUT2D eigenvalue weighted by Gasteiger charge is -2.24. The quantitative estimate of drug-likeness (QED) is 0.804. The van der Waals surface area contributed by atoms with Crippen molar-refractivity contribution in [2.75, 3.05) is 18.0 Å². The second kappa shape index (κ2) is 7.75. The largest absolute Gasteiger partial charge is 0.363 e. The number of para-hydroxylation sites is 1. The van der Waals surface area contributed by atoms with Crippen molar-refractivity contribution < 1.29 is 4.79 Å². The van der Waals surface area contributed by atoms with Gasteiger partial charge in [0.15, 0.2) is 0 Å². The molecule has 0 saturated carbocycles. The van der Waals surface area contributed by atoms with E-state index in [1.807, 2.05) is 30.3 Å². The summed E-state index contributed by atoms with van der Waals surface area (Å²) >= 11 is 0. The van der Waals surface area contributed by atoms with Gasteiger partial charge in [0, 0.05) is 18.3 Å². The Balaban J connectivity index is 2.56. The fraction of sp³-hybridized carbons (Fsp3) is 0.533. The Labute approximate surface area is 110 Å². The molecule has 1 amide bonds. The molecule has 0 heterocycles. The maximum Gasteiger partial charge on any atom is 0.239 e. The molecule has 1 rings (SSSR count). The van der Waals surface area contributed by atoms with Gasteiger partial charge in [-0.3, -0.25) is 4.79 Å². The van der Waals surface area contributed by atoms with Gasteiger partial charge >= 0.3 is 0 Å². The predicted octanol–water partition coefficient (Wildman–Crippen LogP) is 2.82. The lowest BCUT2D eigenvalue weighted by atomic mass is 10.2.